The van der Waals surface area contributed by atoms with Crippen LogP contribution in [-0.2, 0) is 4.79 Å². The predicted octanol–water partition coefficient (Wildman–Crippen LogP) is 3.88. The van der Waals surface area contributed by atoms with Crippen LogP contribution in [-0.4, -0.2) is 5.91 Å². The number of carbonyl (C=O) groups is 1. The zero-order valence-electron chi connectivity index (χ0n) is 10.2. The lowest BCUT2D eigenvalue weighted by atomic mass is 10.1. The Morgan fingerprint density at radius 2 is 2.00 bits per heavy atom. The van der Waals surface area contributed by atoms with Crippen molar-refractivity contribution in [2.75, 3.05) is 5.32 Å². The molecular weight excluding hydrogens is 347 g/mol. The van der Waals surface area contributed by atoms with Crippen molar-refractivity contribution in [3.63, 3.8) is 0 Å². The second kappa shape index (κ2) is 6.24. The van der Waals surface area contributed by atoms with Crippen LogP contribution in [0.3, 0.4) is 0 Å². The van der Waals surface area contributed by atoms with Crippen LogP contribution < -0.4 is 11.1 Å². The molecule has 104 valence electrons. The van der Waals surface area contributed by atoms with Gasteiger partial charge in [0, 0.05) is 20.7 Å². The summed E-state index contributed by atoms with van der Waals surface area (Å²) in [6.07, 6.45) is 0. The zero-order valence-corrected chi connectivity index (χ0v) is 12.6. The molecule has 2 aromatic rings. The summed E-state index contributed by atoms with van der Waals surface area (Å²) in [5.41, 5.74) is 6.52. The largest absolute Gasteiger partial charge is 0.369 e. The van der Waals surface area contributed by atoms with Crippen molar-refractivity contribution in [3.05, 3.63) is 63.3 Å². The first-order valence-corrected chi connectivity index (χ1v) is 6.91. The van der Waals surface area contributed by atoms with Crippen LogP contribution in [0.2, 0.25) is 5.02 Å². The van der Waals surface area contributed by atoms with Crippen molar-refractivity contribution < 1.29 is 9.18 Å². The van der Waals surface area contributed by atoms with Crippen molar-refractivity contribution in [2.24, 2.45) is 5.73 Å². The van der Waals surface area contributed by atoms with Crippen LogP contribution in [0.4, 0.5) is 10.1 Å². The van der Waals surface area contributed by atoms with Crippen molar-refractivity contribution in [2.45, 2.75) is 6.04 Å². The topological polar surface area (TPSA) is 55.1 Å². The van der Waals surface area contributed by atoms with Gasteiger partial charge in [-0.1, -0.05) is 29.8 Å². The highest BCUT2D eigenvalue weighted by atomic mass is 79.9. The maximum absolute atomic E-state index is 13.1. The van der Waals surface area contributed by atoms with Crippen molar-refractivity contribution in [3.8, 4) is 0 Å². The Balaban J connectivity index is 2.37. The number of amides is 1. The van der Waals surface area contributed by atoms with E-state index < -0.39 is 17.8 Å². The van der Waals surface area contributed by atoms with Gasteiger partial charge in [-0.2, -0.15) is 0 Å². The van der Waals surface area contributed by atoms with Gasteiger partial charge < -0.3 is 11.1 Å². The molecule has 0 aliphatic rings. The molecule has 1 amide bonds. The number of nitrogens with two attached hydrogens (primary N) is 1. The summed E-state index contributed by atoms with van der Waals surface area (Å²) >= 11 is 9.34. The number of carbonyl (C=O) groups excluding carboxylic acids is 1. The Kier molecular flexibility index (Phi) is 4.62. The summed E-state index contributed by atoms with van der Waals surface area (Å²) in [5, 5.41) is 3.14. The van der Waals surface area contributed by atoms with Crippen LogP contribution in [0.15, 0.2) is 46.9 Å². The molecule has 0 saturated heterocycles. The summed E-state index contributed by atoms with van der Waals surface area (Å²) in [6.45, 7) is 0. The molecule has 1 unspecified atom stereocenters. The number of para-hydroxylation sites is 1. The second-order valence-electron chi connectivity index (χ2n) is 4.13. The van der Waals surface area contributed by atoms with Gasteiger partial charge in [0.2, 0.25) is 5.91 Å². The van der Waals surface area contributed by atoms with Crippen LogP contribution in [0.5, 0.6) is 0 Å². The smallest absolute Gasteiger partial charge is 0.244 e. The van der Waals surface area contributed by atoms with Crippen LogP contribution >= 0.6 is 27.5 Å². The fraction of sp³-hybridized carbons (Fsp3) is 0.0714. The monoisotopic (exact) mass is 356 g/mol. The minimum atomic E-state index is -0.846. The summed E-state index contributed by atoms with van der Waals surface area (Å²) in [7, 11) is 0. The summed E-state index contributed by atoms with van der Waals surface area (Å²) in [4.78, 5) is 11.6. The molecule has 0 aliphatic heterocycles. The van der Waals surface area contributed by atoms with Crippen LogP contribution in [0.25, 0.3) is 0 Å². The van der Waals surface area contributed by atoms with Gasteiger partial charge in [-0.3, -0.25) is 4.79 Å². The maximum atomic E-state index is 13.1. The van der Waals surface area contributed by atoms with Gasteiger partial charge in [-0.15, -0.1) is 0 Å². The molecule has 3 N–H and O–H groups in total. The molecule has 0 aliphatic carbocycles. The van der Waals surface area contributed by atoms with Gasteiger partial charge in [0.05, 0.1) is 0 Å². The number of nitrogens with one attached hydrogen (secondary N) is 1. The third-order valence-corrected chi connectivity index (χ3v) is 3.75. The maximum Gasteiger partial charge on any atom is 0.244 e. The number of primary amides is 1. The lowest BCUT2D eigenvalue weighted by molar-refractivity contribution is -0.118. The Hall–Kier alpha value is -1.59. The first kappa shape index (κ1) is 14.8. The molecule has 2 aromatic carbocycles. The molecule has 0 aromatic heterocycles. The molecule has 0 spiro atoms. The van der Waals surface area contributed by atoms with E-state index in [9.17, 15) is 9.18 Å². The van der Waals surface area contributed by atoms with E-state index >= 15 is 0 Å². The zero-order chi connectivity index (χ0) is 14.7. The molecule has 0 heterocycles. The molecule has 6 heteroatoms. The molecule has 1 atom stereocenters. The normalized spacial score (nSPS) is 11.9. The molecule has 0 radical (unpaired) electrons. The molecule has 2 rings (SSSR count). The standard InChI is InChI=1S/C14H11BrClFN2O/c15-10-3-1-2-4-12(10)19-13(14(18)20)9-6-5-8(17)7-11(9)16/h1-7,13,19H,(H2,18,20). The van der Waals surface area contributed by atoms with Gasteiger partial charge in [-0.05, 0) is 40.2 Å². The van der Waals surface area contributed by atoms with Gasteiger partial charge in [0.15, 0.2) is 0 Å². The van der Waals surface area contributed by atoms with Gasteiger partial charge >= 0.3 is 0 Å². The third-order valence-electron chi connectivity index (χ3n) is 2.73. The van der Waals surface area contributed by atoms with E-state index in [4.69, 9.17) is 17.3 Å². The van der Waals surface area contributed by atoms with E-state index in [-0.39, 0.29) is 5.02 Å². The number of hydrogen-bond donors (Lipinski definition) is 2. The fourth-order valence-corrected chi connectivity index (χ4v) is 2.45. The number of rotatable bonds is 4. The first-order valence-electron chi connectivity index (χ1n) is 5.74. The Morgan fingerprint density at radius 3 is 2.60 bits per heavy atom. The fourth-order valence-electron chi connectivity index (χ4n) is 1.77. The average molecular weight is 358 g/mol. The second-order valence-corrected chi connectivity index (χ2v) is 5.39. The van der Waals surface area contributed by atoms with Gasteiger partial charge in [0.1, 0.15) is 11.9 Å². The Bertz CT molecular complexity index is 651. The number of hydrogen-bond acceptors (Lipinski definition) is 2. The highest BCUT2D eigenvalue weighted by Gasteiger charge is 2.21. The molecule has 20 heavy (non-hydrogen) atoms. The summed E-state index contributed by atoms with van der Waals surface area (Å²) in [5.74, 6) is -1.07. The van der Waals surface area contributed by atoms with E-state index in [2.05, 4.69) is 21.2 Å². The molecule has 0 saturated carbocycles. The first-order chi connectivity index (χ1) is 9.49. The number of benzene rings is 2. The summed E-state index contributed by atoms with van der Waals surface area (Å²) < 4.78 is 13.9. The van der Waals surface area contributed by atoms with Crippen LogP contribution in [0, 0.1) is 5.82 Å². The highest BCUT2D eigenvalue weighted by molar-refractivity contribution is 9.10. The van der Waals surface area contributed by atoms with Gasteiger partial charge in [0.25, 0.3) is 0 Å². The Morgan fingerprint density at radius 1 is 1.30 bits per heavy atom. The molecule has 3 nitrogen and oxygen atoms in total. The van der Waals surface area contributed by atoms with Crippen molar-refractivity contribution in [1.82, 2.24) is 0 Å². The van der Waals surface area contributed by atoms with E-state index in [1.54, 1.807) is 6.07 Å². The van der Waals surface area contributed by atoms with Crippen molar-refractivity contribution in [1.29, 1.82) is 0 Å². The van der Waals surface area contributed by atoms with Crippen LogP contribution in [0.1, 0.15) is 11.6 Å². The lowest BCUT2D eigenvalue weighted by Gasteiger charge is -2.19. The molecular formula is C14H11BrClFN2O. The van der Waals surface area contributed by atoms with Gasteiger partial charge in [-0.25, -0.2) is 4.39 Å². The van der Waals surface area contributed by atoms with E-state index in [0.717, 1.165) is 10.5 Å². The highest BCUT2D eigenvalue weighted by Crippen LogP contribution is 2.30. The van der Waals surface area contributed by atoms with E-state index in [0.29, 0.717) is 11.3 Å². The van der Waals surface area contributed by atoms with E-state index in [1.165, 1.54) is 12.1 Å². The minimum Gasteiger partial charge on any atom is -0.369 e. The van der Waals surface area contributed by atoms with Crippen molar-refractivity contribution >= 4 is 39.1 Å². The number of halogens is 3. The van der Waals surface area contributed by atoms with E-state index in [1.807, 2.05) is 18.2 Å². The lowest BCUT2D eigenvalue weighted by Crippen LogP contribution is -2.28. The molecule has 0 bridgehead atoms. The molecule has 0 fully saturated rings. The summed E-state index contributed by atoms with van der Waals surface area (Å²) in [6, 6.07) is 10.3. The minimum absolute atomic E-state index is 0.147. The Labute approximate surface area is 129 Å². The quantitative estimate of drug-likeness (QED) is 0.872. The third kappa shape index (κ3) is 3.29. The number of anilines is 1. The average Bonchev–Trinajstić information content (AvgIpc) is 2.38. The predicted molar refractivity (Wildman–Crippen MR) is 81.1 cm³/mol. The SMILES string of the molecule is NC(=O)C(Nc1ccccc1Br)c1ccc(F)cc1Cl.